The van der Waals surface area contributed by atoms with Crippen LogP contribution >= 0.6 is 46.4 Å². The van der Waals surface area contributed by atoms with Crippen LogP contribution in [-0.4, -0.2) is 21.5 Å². The van der Waals surface area contributed by atoms with Crippen molar-refractivity contribution in [3.63, 3.8) is 0 Å². The number of alkyl halides is 4. The monoisotopic (exact) mass is 292 g/mol. The van der Waals surface area contributed by atoms with Crippen molar-refractivity contribution in [3.8, 4) is 0 Å². The molecule has 0 saturated carbocycles. The van der Waals surface area contributed by atoms with Crippen molar-refractivity contribution < 1.29 is 0 Å². The van der Waals surface area contributed by atoms with Gasteiger partial charge in [0.2, 0.25) is 0 Å². The molecule has 0 aliphatic rings. The minimum absolute atomic E-state index is 0.138. The van der Waals surface area contributed by atoms with E-state index in [1.165, 1.54) is 0 Å². The molecule has 0 aromatic carbocycles. The first-order valence-electron chi connectivity index (χ1n) is 5.48. The molecule has 4 heteroatoms. The van der Waals surface area contributed by atoms with Crippen LogP contribution in [0, 0.1) is 0 Å². The van der Waals surface area contributed by atoms with E-state index in [1.807, 2.05) is 13.8 Å². The molecule has 0 amide bonds. The summed E-state index contributed by atoms with van der Waals surface area (Å²) in [5.74, 6) is 0. The Bertz CT molecular complexity index is 132. The number of hydrogen-bond acceptors (Lipinski definition) is 0. The molecule has 4 atom stereocenters. The molecule has 0 radical (unpaired) electrons. The summed E-state index contributed by atoms with van der Waals surface area (Å²) in [4.78, 5) is 0. The average Bonchev–Trinajstić information content (AvgIpc) is 2.11. The first kappa shape index (κ1) is 16.2. The molecule has 0 aliphatic carbocycles. The first-order valence-corrected chi connectivity index (χ1v) is 7.22. The summed E-state index contributed by atoms with van der Waals surface area (Å²) in [6.45, 7) is 3.97. The molecule has 0 nitrogen and oxygen atoms in total. The average molecular weight is 294 g/mol. The number of halogens is 4. The molecule has 0 spiro atoms. The second kappa shape index (κ2) is 9.22. The zero-order chi connectivity index (χ0) is 11.8. The van der Waals surface area contributed by atoms with Crippen molar-refractivity contribution in [2.24, 2.45) is 0 Å². The third kappa shape index (κ3) is 11.4. The molecule has 4 unspecified atom stereocenters. The Balaban J connectivity index is 3.52. The van der Waals surface area contributed by atoms with Gasteiger partial charge in [0, 0.05) is 21.5 Å². The van der Waals surface area contributed by atoms with Crippen LogP contribution in [0.2, 0.25) is 0 Å². The lowest BCUT2D eigenvalue weighted by Gasteiger charge is -2.15. The van der Waals surface area contributed by atoms with E-state index in [0.29, 0.717) is 0 Å². The predicted molar refractivity (Wildman–Crippen MR) is 73.0 cm³/mol. The highest BCUT2D eigenvalue weighted by atomic mass is 35.5. The van der Waals surface area contributed by atoms with Crippen LogP contribution in [0.25, 0.3) is 0 Å². The maximum Gasteiger partial charge on any atom is 0.0350 e. The lowest BCUT2D eigenvalue weighted by atomic mass is 10.1. The Kier molecular flexibility index (Phi) is 9.93. The Labute approximate surface area is 114 Å². The van der Waals surface area contributed by atoms with E-state index >= 15 is 0 Å². The largest absolute Gasteiger partial charge is 0.123 e. The Morgan fingerprint density at radius 3 is 1.27 bits per heavy atom. The summed E-state index contributed by atoms with van der Waals surface area (Å²) in [6, 6.07) is 0. The van der Waals surface area contributed by atoms with Gasteiger partial charge in [-0.25, -0.2) is 0 Å². The van der Waals surface area contributed by atoms with Gasteiger partial charge < -0.3 is 0 Å². The summed E-state index contributed by atoms with van der Waals surface area (Å²) < 4.78 is 0. The minimum Gasteiger partial charge on any atom is -0.123 e. The van der Waals surface area contributed by atoms with Crippen LogP contribution in [0.4, 0.5) is 0 Å². The van der Waals surface area contributed by atoms with E-state index in [9.17, 15) is 0 Å². The predicted octanol–water partition coefficient (Wildman–Crippen LogP) is 5.41. The Hall–Kier alpha value is 1.16. The van der Waals surface area contributed by atoms with E-state index in [4.69, 9.17) is 46.4 Å². The van der Waals surface area contributed by atoms with Crippen LogP contribution in [0.15, 0.2) is 0 Å². The Morgan fingerprint density at radius 1 is 0.667 bits per heavy atom. The van der Waals surface area contributed by atoms with Crippen LogP contribution < -0.4 is 0 Å². The normalized spacial score (nSPS) is 19.6. The van der Waals surface area contributed by atoms with Gasteiger partial charge in [-0.3, -0.25) is 0 Å². The van der Waals surface area contributed by atoms with Crippen molar-refractivity contribution in [3.05, 3.63) is 0 Å². The molecule has 0 aromatic rings. The van der Waals surface area contributed by atoms with Gasteiger partial charge in [-0.05, 0) is 46.0 Å². The van der Waals surface area contributed by atoms with Gasteiger partial charge in [0.05, 0.1) is 0 Å². The number of rotatable bonds is 8. The highest BCUT2D eigenvalue weighted by Crippen LogP contribution is 2.22. The lowest BCUT2D eigenvalue weighted by molar-refractivity contribution is 0.587. The van der Waals surface area contributed by atoms with Crippen LogP contribution in [0.5, 0.6) is 0 Å². The van der Waals surface area contributed by atoms with Crippen LogP contribution in [0.1, 0.15) is 46.0 Å². The van der Waals surface area contributed by atoms with Gasteiger partial charge in [0.25, 0.3) is 0 Å². The van der Waals surface area contributed by atoms with Crippen molar-refractivity contribution in [1.82, 2.24) is 0 Å². The van der Waals surface area contributed by atoms with Gasteiger partial charge in [-0.1, -0.05) is 0 Å². The van der Waals surface area contributed by atoms with Gasteiger partial charge in [-0.15, -0.1) is 46.4 Å². The quantitative estimate of drug-likeness (QED) is 0.525. The highest BCUT2D eigenvalue weighted by molar-refractivity contribution is 6.24. The molecule has 0 rings (SSSR count). The minimum atomic E-state index is 0.138. The second-order valence-electron chi connectivity index (χ2n) is 4.15. The molecule has 0 bridgehead atoms. The zero-order valence-electron chi connectivity index (χ0n) is 9.36. The molecule has 0 heterocycles. The van der Waals surface area contributed by atoms with Crippen molar-refractivity contribution in [2.45, 2.75) is 67.5 Å². The summed E-state index contributed by atoms with van der Waals surface area (Å²) in [5.41, 5.74) is 0. The van der Waals surface area contributed by atoms with Crippen LogP contribution in [-0.2, 0) is 0 Å². The summed E-state index contributed by atoms with van der Waals surface area (Å²) >= 11 is 24.0. The van der Waals surface area contributed by atoms with Gasteiger partial charge in [0.1, 0.15) is 0 Å². The fourth-order valence-electron chi connectivity index (χ4n) is 1.33. The van der Waals surface area contributed by atoms with Crippen molar-refractivity contribution >= 4 is 46.4 Å². The second-order valence-corrected chi connectivity index (χ2v) is 6.87. The summed E-state index contributed by atoms with van der Waals surface area (Å²) in [5, 5.41) is 0.671. The first-order chi connectivity index (χ1) is 6.91. The SMILES string of the molecule is CC(Cl)CCC(Cl)CC(Cl)CCC(C)Cl. The van der Waals surface area contributed by atoms with E-state index in [1.54, 1.807) is 0 Å². The molecule has 0 aromatic heterocycles. The summed E-state index contributed by atoms with van der Waals surface area (Å²) in [6.07, 6.45) is 4.62. The van der Waals surface area contributed by atoms with Gasteiger partial charge >= 0.3 is 0 Å². The topological polar surface area (TPSA) is 0 Å². The van der Waals surface area contributed by atoms with Crippen molar-refractivity contribution in [2.75, 3.05) is 0 Å². The van der Waals surface area contributed by atoms with Gasteiger partial charge in [-0.2, -0.15) is 0 Å². The molecule has 0 N–H and O–H groups in total. The van der Waals surface area contributed by atoms with Crippen molar-refractivity contribution in [1.29, 1.82) is 0 Å². The smallest absolute Gasteiger partial charge is 0.0350 e. The highest BCUT2D eigenvalue weighted by Gasteiger charge is 2.13. The third-order valence-corrected chi connectivity index (χ3v) is 3.50. The molecule has 0 saturated heterocycles. The van der Waals surface area contributed by atoms with E-state index in [-0.39, 0.29) is 21.5 Å². The van der Waals surface area contributed by atoms with Crippen LogP contribution in [0.3, 0.4) is 0 Å². The van der Waals surface area contributed by atoms with E-state index in [2.05, 4.69) is 0 Å². The van der Waals surface area contributed by atoms with E-state index < -0.39 is 0 Å². The number of hydrogen-bond donors (Lipinski definition) is 0. The summed E-state index contributed by atoms with van der Waals surface area (Å²) in [7, 11) is 0. The van der Waals surface area contributed by atoms with E-state index in [0.717, 1.165) is 32.1 Å². The third-order valence-electron chi connectivity index (χ3n) is 2.27. The zero-order valence-corrected chi connectivity index (χ0v) is 12.4. The molecule has 92 valence electrons. The fourth-order valence-corrected chi connectivity index (χ4v) is 2.36. The fraction of sp³-hybridized carbons (Fsp3) is 1.00. The molecule has 0 fully saturated rings. The lowest BCUT2D eigenvalue weighted by Crippen LogP contribution is -2.11. The standard InChI is InChI=1S/C11H20Cl4/c1-8(12)3-5-10(14)7-11(15)6-4-9(2)13/h8-11H,3-7H2,1-2H3. The molecular weight excluding hydrogens is 274 g/mol. The molecular formula is C11H20Cl4. The molecule has 15 heavy (non-hydrogen) atoms. The maximum absolute atomic E-state index is 6.16. The molecule has 0 aliphatic heterocycles. The van der Waals surface area contributed by atoms with Gasteiger partial charge in [0.15, 0.2) is 0 Å². The Morgan fingerprint density at radius 2 is 1.00 bits per heavy atom. The maximum atomic E-state index is 6.16.